The molecule has 1 aliphatic carbocycles. The van der Waals surface area contributed by atoms with Gasteiger partial charge in [0.15, 0.2) is 0 Å². The number of fused-ring (bicyclic) bond motifs is 1. The Morgan fingerprint density at radius 3 is 2.50 bits per heavy atom. The summed E-state index contributed by atoms with van der Waals surface area (Å²) in [6.45, 7) is 0.863. The van der Waals surface area contributed by atoms with Gasteiger partial charge in [-0.3, -0.25) is 19.2 Å². The van der Waals surface area contributed by atoms with Crippen molar-refractivity contribution in [1.29, 1.82) is 0 Å². The van der Waals surface area contributed by atoms with Crippen LogP contribution in [0, 0.1) is 15.9 Å². The fraction of sp³-hybridized carbons (Fsp3) is 0.538. The molecule has 0 heterocycles. The molecule has 1 unspecified atom stereocenters. The van der Waals surface area contributed by atoms with Gasteiger partial charge >= 0.3 is 13.4 Å². The van der Waals surface area contributed by atoms with Crippen LogP contribution in [0.5, 0.6) is 0 Å². The molecule has 0 saturated carbocycles. The molecule has 0 bridgehead atoms. The molecular weight excluding hydrogens is 472 g/mol. The summed E-state index contributed by atoms with van der Waals surface area (Å²) in [5.41, 5.74) is 0.618. The van der Waals surface area contributed by atoms with E-state index in [1.165, 1.54) is 6.07 Å². The molecule has 0 spiro atoms. The fourth-order valence-electron chi connectivity index (χ4n) is 2.52. The normalized spacial score (nSPS) is 17.0. The molecule has 7 nitrogen and oxygen atoms in total. The number of nitrogens with one attached hydrogen (secondary N) is 2. The van der Waals surface area contributed by atoms with E-state index in [1.54, 1.807) is 0 Å². The topological polar surface area (TPSA) is 93.5 Å². The van der Waals surface area contributed by atoms with Crippen molar-refractivity contribution in [2.75, 3.05) is 23.7 Å². The van der Waals surface area contributed by atoms with E-state index in [2.05, 4.69) is 42.0 Å². The second-order valence-corrected chi connectivity index (χ2v) is 8.67. The zero-order valence-electron chi connectivity index (χ0n) is 12.6. The second-order valence-electron chi connectivity index (χ2n) is 5.14. The molecule has 1 aromatic carbocycles. The van der Waals surface area contributed by atoms with E-state index in [0.29, 0.717) is 47.7 Å². The van der Waals surface area contributed by atoms with Gasteiger partial charge in [-0.25, -0.2) is 10.2 Å². The lowest BCUT2D eigenvalue weighted by Gasteiger charge is -2.24. The number of alkyl halides is 2. The molecule has 1 aromatic rings. The number of rotatable bonds is 9. The number of hydrogen-bond donors (Lipinski definition) is 2. The summed E-state index contributed by atoms with van der Waals surface area (Å²) in [5, 5.41) is 17.7. The zero-order valence-corrected chi connectivity index (χ0v) is 16.7. The summed E-state index contributed by atoms with van der Waals surface area (Å²) >= 11 is 6.50. The van der Waals surface area contributed by atoms with Crippen LogP contribution in [0.2, 0.25) is 0 Å². The van der Waals surface area contributed by atoms with Gasteiger partial charge in [0, 0.05) is 29.8 Å². The van der Waals surface area contributed by atoms with Crippen LogP contribution in [0.1, 0.15) is 23.7 Å². The number of aryl methyl sites for hydroxylation is 1. The Labute approximate surface area is 155 Å². The lowest BCUT2D eigenvalue weighted by molar-refractivity contribution is -0.387. The standard InChI is InChI=1S/C13H17Br2FN3O4P/c14-3-5-17-24(22,18-6-4-15)23-13-2-1-9-7-12(19(20)21)11(16)8-10(9)13/h7-8,13H,1-6H2,(H2,17,18,22). The Hall–Kier alpha value is -0.380. The van der Waals surface area contributed by atoms with Crippen molar-refractivity contribution >= 4 is 45.2 Å². The minimum absolute atomic E-state index is 0.431. The van der Waals surface area contributed by atoms with Gasteiger partial charge < -0.3 is 0 Å². The van der Waals surface area contributed by atoms with Crippen molar-refractivity contribution in [3.05, 3.63) is 39.2 Å². The lowest BCUT2D eigenvalue weighted by atomic mass is 10.1. The fourth-order valence-corrected chi connectivity index (χ4v) is 5.18. The molecule has 0 fully saturated rings. The van der Waals surface area contributed by atoms with Crippen LogP contribution in [-0.2, 0) is 15.5 Å². The highest BCUT2D eigenvalue weighted by molar-refractivity contribution is 9.09. The average Bonchev–Trinajstić information content (AvgIpc) is 2.92. The van der Waals surface area contributed by atoms with Crippen LogP contribution in [0.15, 0.2) is 12.1 Å². The number of hydrogen-bond acceptors (Lipinski definition) is 4. The molecule has 0 aliphatic heterocycles. The van der Waals surface area contributed by atoms with Crippen molar-refractivity contribution in [2.24, 2.45) is 0 Å². The molecule has 0 saturated heterocycles. The lowest BCUT2D eigenvalue weighted by Crippen LogP contribution is -2.27. The molecule has 134 valence electrons. The molecular formula is C13H17Br2FN3O4P. The van der Waals surface area contributed by atoms with E-state index in [4.69, 9.17) is 4.52 Å². The van der Waals surface area contributed by atoms with Crippen LogP contribution < -0.4 is 10.2 Å². The van der Waals surface area contributed by atoms with Gasteiger partial charge in [-0.1, -0.05) is 31.9 Å². The van der Waals surface area contributed by atoms with Gasteiger partial charge in [-0.2, -0.15) is 4.39 Å². The van der Waals surface area contributed by atoms with Crippen molar-refractivity contribution in [3.63, 3.8) is 0 Å². The number of halogens is 3. The number of nitrogens with zero attached hydrogens (tertiary/aromatic N) is 1. The first-order valence-corrected chi connectivity index (χ1v) is 11.1. The first kappa shape index (κ1) is 19.9. The maximum absolute atomic E-state index is 13.9. The summed E-state index contributed by atoms with van der Waals surface area (Å²) in [6, 6.07) is 2.35. The molecule has 2 rings (SSSR count). The average molecular weight is 489 g/mol. The van der Waals surface area contributed by atoms with E-state index in [1.807, 2.05) is 0 Å². The van der Waals surface area contributed by atoms with Gasteiger partial charge in [0.2, 0.25) is 5.82 Å². The highest BCUT2D eigenvalue weighted by Crippen LogP contribution is 2.48. The Morgan fingerprint density at radius 1 is 1.33 bits per heavy atom. The van der Waals surface area contributed by atoms with Gasteiger partial charge in [0.05, 0.1) is 11.0 Å². The maximum atomic E-state index is 13.9. The molecule has 11 heteroatoms. The predicted octanol–water partition coefficient (Wildman–Crippen LogP) is 3.81. The first-order valence-electron chi connectivity index (χ1n) is 7.27. The van der Waals surface area contributed by atoms with Crippen molar-refractivity contribution < 1.29 is 18.4 Å². The molecule has 2 N–H and O–H groups in total. The second kappa shape index (κ2) is 8.82. The van der Waals surface area contributed by atoms with Crippen molar-refractivity contribution in [3.8, 4) is 0 Å². The van der Waals surface area contributed by atoms with E-state index < -0.39 is 30.2 Å². The maximum Gasteiger partial charge on any atom is 0.341 e. The summed E-state index contributed by atoms with van der Waals surface area (Å²) in [4.78, 5) is 10.1. The van der Waals surface area contributed by atoms with Crippen LogP contribution in [-0.4, -0.2) is 28.7 Å². The third-order valence-corrected chi connectivity index (χ3v) is 6.16. The smallest absolute Gasteiger partial charge is 0.298 e. The van der Waals surface area contributed by atoms with Crippen LogP contribution in [0.4, 0.5) is 10.1 Å². The van der Waals surface area contributed by atoms with Gasteiger partial charge in [0.1, 0.15) is 0 Å². The van der Waals surface area contributed by atoms with E-state index in [0.717, 1.165) is 6.07 Å². The Bertz CT molecular complexity index is 652. The van der Waals surface area contributed by atoms with Crippen molar-refractivity contribution in [2.45, 2.75) is 18.9 Å². The number of nitro benzene ring substituents is 1. The summed E-state index contributed by atoms with van der Waals surface area (Å²) in [7, 11) is -3.32. The highest BCUT2D eigenvalue weighted by Gasteiger charge is 2.34. The number of nitro groups is 1. The van der Waals surface area contributed by atoms with Crippen LogP contribution >= 0.6 is 39.5 Å². The minimum atomic E-state index is -3.32. The molecule has 0 aromatic heterocycles. The third-order valence-electron chi connectivity index (χ3n) is 3.53. The predicted molar refractivity (Wildman–Crippen MR) is 96.4 cm³/mol. The van der Waals surface area contributed by atoms with Gasteiger partial charge in [0.25, 0.3) is 0 Å². The van der Waals surface area contributed by atoms with E-state index >= 15 is 0 Å². The molecule has 0 radical (unpaired) electrons. The van der Waals surface area contributed by atoms with E-state index in [-0.39, 0.29) is 0 Å². The Kier molecular flexibility index (Phi) is 7.33. The SMILES string of the molecule is O=[N+]([O-])c1cc2c(cc1F)C(OP(=O)(NCCBr)NCCBr)CC2. The van der Waals surface area contributed by atoms with Crippen molar-refractivity contribution in [1.82, 2.24) is 10.2 Å². The molecule has 1 atom stereocenters. The summed E-state index contributed by atoms with van der Waals surface area (Å²) < 4.78 is 32.5. The quantitative estimate of drug-likeness (QED) is 0.237. The van der Waals surface area contributed by atoms with E-state index in [9.17, 15) is 19.1 Å². The monoisotopic (exact) mass is 487 g/mol. The molecule has 0 amide bonds. The first-order chi connectivity index (χ1) is 11.4. The summed E-state index contributed by atoms with van der Waals surface area (Å²) in [6.07, 6.45) is 0.427. The van der Waals surface area contributed by atoms with Gasteiger partial charge in [-0.15, -0.1) is 0 Å². The highest BCUT2D eigenvalue weighted by atomic mass is 79.9. The Morgan fingerprint density at radius 2 is 1.96 bits per heavy atom. The van der Waals surface area contributed by atoms with Crippen LogP contribution in [0.3, 0.4) is 0 Å². The molecule has 24 heavy (non-hydrogen) atoms. The minimum Gasteiger partial charge on any atom is -0.298 e. The zero-order chi connectivity index (χ0) is 17.7. The van der Waals surface area contributed by atoms with Gasteiger partial charge in [-0.05, 0) is 30.0 Å². The number of benzene rings is 1. The Balaban J connectivity index is 2.21. The summed E-state index contributed by atoms with van der Waals surface area (Å²) in [5.74, 6) is -0.911. The molecule has 1 aliphatic rings. The third kappa shape index (κ3) is 4.83. The van der Waals surface area contributed by atoms with Crippen LogP contribution in [0.25, 0.3) is 0 Å². The largest absolute Gasteiger partial charge is 0.341 e.